The quantitative estimate of drug-likeness (QED) is 0.519. The third-order valence-electron chi connectivity index (χ3n) is 6.44. The second-order valence-corrected chi connectivity index (χ2v) is 8.55. The highest BCUT2D eigenvalue weighted by atomic mass is 16.5. The van der Waals surface area contributed by atoms with Crippen molar-refractivity contribution in [3.8, 4) is 0 Å². The number of hydrogen-bond acceptors (Lipinski definition) is 4. The highest BCUT2D eigenvalue weighted by Gasteiger charge is 2.28. The zero-order valence-electron chi connectivity index (χ0n) is 20.0. The Bertz CT molecular complexity index is 1160. The summed E-state index contributed by atoms with van der Waals surface area (Å²) in [6, 6.07) is 15.2. The molecule has 0 fully saturated rings. The first kappa shape index (κ1) is 23.7. The molecule has 0 saturated carbocycles. The van der Waals surface area contributed by atoms with E-state index in [1.165, 1.54) is 0 Å². The van der Waals surface area contributed by atoms with Gasteiger partial charge in [-0.05, 0) is 43.0 Å². The molecule has 0 saturated heterocycles. The fourth-order valence-corrected chi connectivity index (χ4v) is 4.55. The van der Waals surface area contributed by atoms with Gasteiger partial charge >= 0.3 is 0 Å². The third kappa shape index (κ3) is 4.89. The Kier molecular flexibility index (Phi) is 7.43. The van der Waals surface area contributed by atoms with E-state index in [1.54, 1.807) is 12.3 Å². The van der Waals surface area contributed by atoms with Crippen molar-refractivity contribution in [2.45, 2.75) is 58.8 Å². The van der Waals surface area contributed by atoms with Crippen molar-refractivity contribution >= 4 is 11.8 Å². The average Bonchev–Trinajstić information content (AvgIpc) is 3.27. The number of rotatable bonds is 8. The van der Waals surface area contributed by atoms with Gasteiger partial charge in [0.25, 0.3) is 11.8 Å². The molecule has 3 heterocycles. The zero-order valence-corrected chi connectivity index (χ0v) is 20.0. The smallest absolute Gasteiger partial charge is 0.268 e. The van der Waals surface area contributed by atoms with Crippen molar-refractivity contribution in [3.63, 3.8) is 0 Å². The molecule has 7 heteroatoms. The molecule has 0 unspecified atom stereocenters. The average molecular weight is 461 g/mol. The first-order valence-corrected chi connectivity index (χ1v) is 11.9. The van der Waals surface area contributed by atoms with Gasteiger partial charge in [0.05, 0.1) is 36.6 Å². The van der Waals surface area contributed by atoms with Gasteiger partial charge in [-0.3, -0.25) is 14.6 Å². The summed E-state index contributed by atoms with van der Waals surface area (Å²) in [5.41, 5.74) is 4.66. The molecule has 0 spiro atoms. The lowest BCUT2D eigenvalue weighted by Crippen LogP contribution is -2.32. The molecular weight excluding hydrogens is 428 g/mol. The molecule has 34 heavy (non-hydrogen) atoms. The van der Waals surface area contributed by atoms with E-state index in [2.05, 4.69) is 15.6 Å². The second-order valence-electron chi connectivity index (χ2n) is 8.55. The molecule has 1 aromatic carbocycles. The summed E-state index contributed by atoms with van der Waals surface area (Å²) in [6.07, 6.45) is 3.25. The second kappa shape index (κ2) is 10.7. The van der Waals surface area contributed by atoms with Crippen LogP contribution in [0.15, 0.2) is 54.7 Å². The van der Waals surface area contributed by atoms with Crippen molar-refractivity contribution in [3.05, 3.63) is 88.5 Å². The van der Waals surface area contributed by atoms with Crippen molar-refractivity contribution < 1.29 is 14.3 Å². The minimum absolute atomic E-state index is 0.107. The molecule has 0 radical (unpaired) electrons. The van der Waals surface area contributed by atoms with Crippen molar-refractivity contribution in [1.29, 1.82) is 0 Å². The van der Waals surface area contributed by atoms with Gasteiger partial charge in [0.2, 0.25) is 0 Å². The minimum atomic E-state index is -0.201. The zero-order chi connectivity index (χ0) is 24.1. The van der Waals surface area contributed by atoms with Crippen LogP contribution in [0.3, 0.4) is 0 Å². The SMILES string of the molecule is CC[C@@H](NC(=O)c1cc(C(=O)N[C@H](CC)c2cccnc2C)n2c1COCC2)c1ccccc1. The maximum absolute atomic E-state index is 13.4. The number of nitrogens with zero attached hydrogens (tertiary/aromatic N) is 2. The number of aromatic nitrogens is 2. The molecule has 4 rings (SSSR count). The lowest BCUT2D eigenvalue weighted by Gasteiger charge is -2.22. The predicted octanol–water partition coefficient (Wildman–Crippen LogP) is 4.48. The maximum Gasteiger partial charge on any atom is 0.268 e. The Morgan fingerprint density at radius 1 is 1.03 bits per heavy atom. The first-order valence-electron chi connectivity index (χ1n) is 11.9. The van der Waals surface area contributed by atoms with E-state index in [9.17, 15) is 9.59 Å². The van der Waals surface area contributed by atoms with Gasteiger partial charge in [0.15, 0.2) is 0 Å². The summed E-state index contributed by atoms with van der Waals surface area (Å²) >= 11 is 0. The number of amides is 2. The van der Waals surface area contributed by atoms with Crippen LogP contribution in [0.25, 0.3) is 0 Å². The number of benzene rings is 1. The highest BCUT2D eigenvalue weighted by Crippen LogP contribution is 2.25. The number of carbonyl (C=O) groups is 2. The topological polar surface area (TPSA) is 85.3 Å². The number of aryl methyl sites for hydroxylation is 1. The van der Waals surface area contributed by atoms with Gasteiger partial charge in [-0.15, -0.1) is 0 Å². The summed E-state index contributed by atoms with van der Waals surface area (Å²) in [6.45, 7) is 7.36. The Labute approximate surface area is 200 Å². The molecule has 0 aliphatic carbocycles. The van der Waals surface area contributed by atoms with E-state index in [0.29, 0.717) is 31.0 Å². The van der Waals surface area contributed by atoms with Crippen molar-refractivity contribution in [2.24, 2.45) is 0 Å². The molecule has 2 atom stereocenters. The molecule has 7 nitrogen and oxygen atoms in total. The van der Waals surface area contributed by atoms with Crippen LogP contribution in [0.4, 0.5) is 0 Å². The Morgan fingerprint density at radius 2 is 1.76 bits per heavy atom. The molecular formula is C27H32N4O3. The van der Waals surface area contributed by atoms with Crippen molar-refractivity contribution in [2.75, 3.05) is 6.61 Å². The van der Waals surface area contributed by atoms with E-state index < -0.39 is 0 Å². The molecule has 1 aliphatic rings. The maximum atomic E-state index is 13.4. The van der Waals surface area contributed by atoms with Gasteiger partial charge in [-0.1, -0.05) is 50.2 Å². The summed E-state index contributed by atoms with van der Waals surface area (Å²) in [5, 5.41) is 6.29. The molecule has 1 aliphatic heterocycles. The molecule has 3 aromatic rings. The fourth-order valence-electron chi connectivity index (χ4n) is 4.55. The lowest BCUT2D eigenvalue weighted by atomic mass is 10.0. The van der Waals surface area contributed by atoms with Crippen LogP contribution in [0.2, 0.25) is 0 Å². The highest BCUT2D eigenvalue weighted by molar-refractivity contribution is 6.01. The molecule has 2 amide bonds. The Hall–Kier alpha value is -3.45. The van der Waals surface area contributed by atoms with Crippen LogP contribution < -0.4 is 10.6 Å². The van der Waals surface area contributed by atoms with Crippen LogP contribution in [0.5, 0.6) is 0 Å². The van der Waals surface area contributed by atoms with Crippen LogP contribution >= 0.6 is 0 Å². The summed E-state index contributed by atoms with van der Waals surface area (Å²) in [5.74, 6) is -0.397. The monoisotopic (exact) mass is 460 g/mol. The molecule has 0 bridgehead atoms. The fraction of sp³-hybridized carbons (Fsp3) is 0.370. The number of carbonyl (C=O) groups excluding carboxylic acids is 2. The van der Waals surface area contributed by atoms with E-state index in [1.807, 2.05) is 67.8 Å². The first-order chi connectivity index (χ1) is 16.5. The van der Waals surface area contributed by atoms with Crippen LogP contribution in [0.1, 0.15) is 82.1 Å². The summed E-state index contributed by atoms with van der Waals surface area (Å²) in [4.78, 5) is 31.1. The van der Waals surface area contributed by atoms with Gasteiger partial charge in [-0.2, -0.15) is 0 Å². The van der Waals surface area contributed by atoms with Gasteiger partial charge in [0.1, 0.15) is 5.69 Å². The number of nitrogens with one attached hydrogen (secondary N) is 2. The van der Waals surface area contributed by atoms with Crippen LogP contribution in [0, 0.1) is 6.92 Å². The van der Waals surface area contributed by atoms with Crippen LogP contribution in [-0.2, 0) is 17.9 Å². The predicted molar refractivity (Wildman–Crippen MR) is 131 cm³/mol. The lowest BCUT2D eigenvalue weighted by molar-refractivity contribution is 0.0773. The summed E-state index contributed by atoms with van der Waals surface area (Å²) in [7, 11) is 0. The van der Waals surface area contributed by atoms with Gasteiger partial charge < -0.3 is 19.9 Å². The Balaban J connectivity index is 1.60. The number of ether oxygens (including phenoxy) is 1. The van der Waals surface area contributed by atoms with Gasteiger partial charge in [-0.25, -0.2) is 0 Å². The Morgan fingerprint density at radius 3 is 2.47 bits per heavy atom. The van der Waals surface area contributed by atoms with Crippen molar-refractivity contribution in [1.82, 2.24) is 20.2 Å². The number of fused-ring (bicyclic) bond motifs is 1. The standard InChI is InChI=1S/C27H32N4O3/c1-4-22(19-10-7-6-8-11-19)29-26(32)21-16-24(31-14-15-34-17-25(21)31)27(33)30-23(5-2)20-12-9-13-28-18(20)3/h6-13,16,22-23H,4-5,14-15,17H2,1-3H3,(H,29,32)(H,30,33)/t22-,23-/m1/s1. The molecule has 178 valence electrons. The van der Waals surface area contributed by atoms with Gasteiger partial charge in [0, 0.05) is 18.4 Å². The number of hydrogen-bond donors (Lipinski definition) is 2. The summed E-state index contributed by atoms with van der Waals surface area (Å²) < 4.78 is 7.56. The van der Waals surface area contributed by atoms with E-state index in [-0.39, 0.29) is 23.9 Å². The molecule has 2 aromatic heterocycles. The largest absolute Gasteiger partial charge is 0.373 e. The van der Waals surface area contributed by atoms with E-state index in [0.717, 1.165) is 35.4 Å². The normalized spacial score (nSPS) is 14.7. The van der Waals surface area contributed by atoms with E-state index in [4.69, 9.17) is 4.74 Å². The number of pyridine rings is 1. The molecule has 2 N–H and O–H groups in total. The van der Waals surface area contributed by atoms with Crippen LogP contribution in [-0.4, -0.2) is 28.0 Å². The minimum Gasteiger partial charge on any atom is -0.373 e. The third-order valence-corrected chi connectivity index (χ3v) is 6.44. The van der Waals surface area contributed by atoms with E-state index >= 15 is 0 Å².